The molecule has 142 valence electrons. The predicted octanol–water partition coefficient (Wildman–Crippen LogP) is 5.31. The van der Waals surface area contributed by atoms with E-state index in [1.807, 2.05) is 0 Å². The van der Waals surface area contributed by atoms with Crippen LogP contribution >= 0.6 is 24.0 Å². The molecule has 3 rings (SSSR count). The Kier molecular flexibility index (Phi) is 7.44. The quantitative estimate of drug-likeness (QED) is 0.744. The van der Waals surface area contributed by atoms with Crippen molar-refractivity contribution in [3.05, 3.63) is 34.3 Å². The molecule has 2 fully saturated rings. The van der Waals surface area contributed by atoms with Crippen LogP contribution in [-0.4, -0.2) is 31.1 Å². The van der Waals surface area contributed by atoms with Gasteiger partial charge < -0.3 is 5.32 Å². The molecule has 1 aliphatic heterocycles. The molecule has 0 radical (unpaired) electrons. The first-order valence-electron chi connectivity index (χ1n) is 8.79. The molecule has 0 unspecified atom stereocenters. The SMILES string of the molecule is Cl.FC(F)(F)c1cccc(Cl)c1[C@H](C1CCCCC1)N1CCNCC1. The fourth-order valence-electron chi connectivity index (χ4n) is 4.21. The molecule has 1 saturated heterocycles. The lowest BCUT2D eigenvalue weighted by Gasteiger charge is -2.42. The van der Waals surface area contributed by atoms with Gasteiger partial charge in [0.15, 0.2) is 0 Å². The third-order valence-electron chi connectivity index (χ3n) is 5.30. The van der Waals surface area contributed by atoms with E-state index in [0.29, 0.717) is 5.56 Å². The van der Waals surface area contributed by atoms with Gasteiger partial charge in [-0.25, -0.2) is 0 Å². The first-order valence-corrected chi connectivity index (χ1v) is 9.16. The Morgan fingerprint density at radius 1 is 1.08 bits per heavy atom. The molecule has 2 aliphatic rings. The maximum Gasteiger partial charge on any atom is 0.416 e. The summed E-state index contributed by atoms with van der Waals surface area (Å²) in [4.78, 5) is 2.21. The summed E-state index contributed by atoms with van der Waals surface area (Å²) in [6.07, 6.45) is 0.965. The Morgan fingerprint density at radius 3 is 2.32 bits per heavy atom. The van der Waals surface area contributed by atoms with E-state index in [-0.39, 0.29) is 29.4 Å². The van der Waals surface area contributed by atoms with Gasteiger partial charge in [0.25, 0.3) is 0 Å². The van der Waals surface area contributed by atoms with Crippen LogP contribution in [0.1, 0.15) is 49.3 Å². The Labute approximate surface area is 158 Å². The number of hydrogen-bond acceptors (Lipinski definition) is 2. The van der Waals surface area contributed by atoms with Crippen molar-refractivity contribution in [3.63, 3.8) is 0 Å². The number of alkyl halides is 3. The zero-order valence-corrected chi connectivity index (χ0v) is 15.7. The van der Waals surface area contributed by atoms with Crippen molar-refractivity contribution in [3.8, 4) is 0 Å². The zero-order valence-electron chi connectivity index (χ0n) is 14.1. The highest BCUT2D eigenvalue weighted by Crippen LogP contribution is 2.46. The van der Waals surface area contributed by atoms with E-state index in [1.165, 1.54) is 18.6 Å². The van der Waals surface area contributed by atoms with Crippen molar-refractivity contribution in [2.24, 2.45) is 5.92 Å². The highest BCUT2D eigenvalue weighted by molar-refractivity contribution is 6.31. The van der Waals surface area contributed by atoms with Crippen molar-refractivity contribution in [1.82, 2.24) is 10.2 Å². The molecule has 1 saturated carbocycles. The fourth-order valence-corrected chi connectivity index (χ4v) is 4.50. The monoisotopic (exact) mass is 396 g/mol. The molecule has 2 nitrogen and oxygen atoms in total. The van der Waals surface area contributed by atoms with Gasteiger partial charge in [0.05, 0.1) is 5.56 Å². The van der Waals surface area contributed by atoms with E-state index in [4.69, 9.17) is 11.6 Å². The molecule has 0 bridgehead atoms. The normalized spacial score (nSPS) is 21.6. The van der Waals surface area contributed by atoms with E-state index in [2.05, 4.69) is 10.2 Å². The van der Waals surface area contributed by atoms with Crippen LogP contribution in [0.4, 0.5) is 13.2 Å². The summed E-state index contributed by atoms with van der Waals surface area (Å²) >= 11 is 6.33. The van der Waals surface area contributed by atoms with Gasteiger partial charge in [-0.3, -0.25) is 4.90 Å². The summed E-state index contributed by atoms with van der Waals surface area (Å²) in [5, 5.41) is 3.54. The molecule has 1 heterocycles. The van der Waals surface area contributed by atoms with Crippen molar-refractivity contribution in [1.29, 1.82) is 0 Å². The number of halogens is 5. The van der Waals surface area contributed by atoms with E-state index < -0.39 is 11.7 Å². The molecule has 1 atom stereocenters. The van der Waals surface area contributed by atoms with E-state index >= 15 is 0 Å². The van der Waals surface area contributed by atoms with Crippen LogP contribution in [0.2, 0.25) is 5.02 Å². The average Bonchev–Trinajstić information content (AvgIpc) is 2.57. The van der Waals surface area contributed by atoms with Crippen LogP contribution in [0.5, 0.6) is 0 Å². The largest absolute Gasteiger partial charge is 0.416 e. The molecular formula is C18H25Cl2F3N2. The highest BCUT2D eigenvalue weighted by Gasteiger charge is 2.40. The van der Waals surface area contributed by atoms with Crippen LogP contribution in [-0.2, 0) is 6.18 Å². The Balaban J connectivity index is 0.00000225. The summed E-state index contributed by atoms with van der Waals surface area (Å²) in [6.45, 7) is 3.16. The van der Waals surface area contributed by atoms with Gasteiger partial charge in [-0.15, -0.1) is 12.4 Å². The van der Waals surface area contributed by atoms with E-state index in [9.17, 15) is 13.2 Å². The van der Waals surface area contributed by atoms with Crippen LogP contribution in [0, 0.1) is 5.92 Å². The molecule has 0 amide bonds. The van der Waals surface area contributed by atoms with Crippen LogP contribution in [0.15, 0.2) is 18.2 Å². The fraction of sp³-hybridized carbons (Fsp3) is 0.667. The molecular weight excluding hydrogens is 372 g/mol. The Bertz CT molecular complexity index is 536. The topological polar surface area (TPSA) is 15.3 Å². The maximum absolute atomic E-state index is 13.6. The lowest BCUT2D eigenvalue weighted by atomic mass is 9.79. The minimum Gasteiger partial charge on any atom is -0.314 e. The molecule has 1 aromatic rings. The minimum absolute atomic E-state index is 0. The molecule has 0 spiro atoms. The van der Waals surface area contributed by atoms with Gasteiger partial charge in [-0.05, 0) is 30.9 Å². The Hall–Kier alpha value is -0.490. The standard InChI is InChI=1S/C18H24ClF3N2.ClH/c19-15-8-4-7-14(18(20,21)22)16(15)17(13-5-2-1-3-6-13)24-11-9-23-10-12-24;/h4,7-8,13,17,23H,1-3,5-6,9-12H2;1H/t17-;/m0./s1. The van der Waals surface area contributed by atoms with Gasteiger partial charge in [-0.2, -0.15) is 13.2 Å². The van der Waals surface area contributed by atoms with Gasteiger partial charge in [0.1, 0.15) is 0 Å². The van der Waals surface area contributed by atoms with Gasteiger partial charge in [0, 0.05) is 42.8 Å². The zero-order chi connectivity index (χ0) is 17.2. The van der Waals surface area contributed by atoms with Gasteiger partial charge in [0.2, 0.25) is 0 Å². The molecule has 1 N–H and O–H groups in total. The third kappa shape index (κ3) is 4.82. The predicted molar refractivity (Wildman–Crippen MR) is 97.5 cm³/mol. The smallest absolute Gasteiger partial charge is 0.314 e. The first kappa shape index (κ1) is 20.8. The van der Waals surface area contributed by atoms with E-state index in [0.717, 1.165) is 51.9 Å². The van der Waals surface area contributed by atoms with Gasteiger partial charge >= 0.3 is 6.18 Å². The van der Waals surface area contributed by atoms with E-state index in [1.54, 1.807) is 6.07 Å². The summed E-state index contributed by atoms with van der Waals surface area (Å²) in [7, 11) is 0. The molecule has 25 heavy (non-hydrogen) atoms. The van der Waals surface area contributed by atoms with Gasteiger partial charge in [-0.1, -0.05) is 36.9 Å². The van der Waals surface area contributed by atoms with Crippen molar-refractivity contribution >= 4 is 24.0 Å². The first-order chi connectivity index (χ1) is 11.5. The minimum atomic E-state index is -4.37. The average molecular weight is 397 g/mol. The number of piperazine rings is 1. The second kappa shape index (κ2) is 8.94. The lowest BCUT2D eigenvalue weighted by molar-refractivity contribution is -0.139. The third-order valence-corrected chi connectivity index (χ3v) is 5.63. The summed E-state index contributed by atoms with van der Waals surface area (Å²) in [6, 6.07) is 3.95. The molecule has 1 aliphatic carbocycles. The summed E-state index contributed by atoms with van der Waals surface area (Å²) in [5.74, 6) is 0.248. The molecule has 0 aromatic heterocycles. The number of nitrogens with zero attached hydrogens (tertiary/aromatic N) is 1. The number of hydrogen-bond donors (Lipinski definition) is 1. The van der Waals surface area contributed by atoms with Crippen molar-refractivity contribution in [2.75, 3.05) is 26.2 Å². The maximum atomic E-state index is 13.6. The second-order valence-electron chi connectivity index (χ2n) is 6.83. The van der Waals surface area contributed by atoms with Crippen LogP contribution in [0.3, 0.4) is 0 Å². The number of nitrogens with one attached hydrogen (secondary N) is 1. The lowest BCUT2D eigenvalue weighted by Crippen LogP contribution is -2.47. The second-order valence-corrected chi connectivity index (χ2v) is 7.23. The summed E-state index contributed by atoms with van der Waals surface area (Å²) in [5.41, 5.74) is -0.274. The van der Waals surface area contributed by atoms with Crippen molar-refractivity contribution in [2.45, 2.75) is 44.3 Å². The molecule has 7 heteroatoms. The van der Waals surface area contributed by atoms with Crippen molar-refractivity contribution < 1.29 is 13.2 Å². The highest BCUT2D eigenvalue weighted by atomic mass is 35.5. The summed E-state index contributed by atoms with van der Waals surface area (Å²) < 4.78 is 40.9. The Morgan fingerprint density at radius 2 is 1.72 bits per heavy atom. The number of rotatable bonds is 3. The molecule has 1 aromatic carbocycles. The number of benzene rings is 1. The van der Waals surface area contributed by atoms with Crippen LogP contribution < -0.4 is 5.32 Å². The van der Waals surface area contributed by atoms with Crippen LogP contribution in [0.25, 0.3) is 0 Å².